The quantitative estimate of drug-likeness (QED) is 0.800. The van der Waals surface area contributed by atoms with Gasteiger partial charge in [0, 0.05) is 18.8 Å². The Morgan fingerprint density at radius 3 is 2.79 bits per heavy atom. The summed E-state index contributed by atoms with van der Waals surface area (Å²) in [6, 6.07) is 8.33. The molecule has 0 fully saturated rings. The van der Waals surface area contributed by atoms with Crippen LogP contribution >= 0.6 is 0 Å². The van der Waals surface area contributed by atoms with Crippen molar-refractivity contribution >= 4 is 17.2 Å². The second-order valence-corrected chi connectivity index (χ2v) is 5.65. The lowest BCUT2D eigenvalue weighted by atomic mass is 10.2. The highest BCUT2D eigenvalue weighted by molar-refractivity contribution is 6.04. The van der Waals surface area contributed by atoms with Gasteiger partial charge in [-0.2, -0.15) is 0 Å². The third-order valence-electron chi connectivity index (χ3n) is 3.49. The number of hydrogen-bond acceptors (Lipinski definition) is 3. The fourth-order valence-corrected chi connectivity index (χ4v) is 2.45. The fourth-order valence-electron chi connectivity index (χ4n) is 2.45. The SMILES string of the molecule is CN(C)Cc1c(C(=O)Nc2cc(F)ccc2F)nc2ccccn12. The molecule has 0 spiro atoms. The Bertz CT molecular complexity index is 905. The average molecular weight is 330 g/mol. The van der Waals surface area contributed by atoms with Gasteiger partial charge in [-0.25, -0.2) is 13.8 Å². The van der Waals surface area contributed by atoms with E-state index < -0.39 is 17.5 Å². The Kier molecular flexibility index (Phi) is 4.26. The van der Waals surface area contributed by atoms with E-state index in [1.54, 1.807) is 16.7 Å². The van der Waals surface area contributed by atoms with Crippen molar-refractivity contribution in [2.24, 2.45) is 0 Å². The minimum absolute atomic E-state index is 0.179. The molecule has 3 rings (SSSR count). The fraction of sp³-hybridized carbons (Fsp3) is 0.176. The number of benzene rings is 1. The van der Waals surface area contributed by atoms with Gasteiger partial charge in [-0.3, -0.25) is 4.79 Å². The first-order chi connectivity index (χ1) is 11.5. The molecule has 0 aliphatic rings. The zero-order chi connectivity index (χ0) is 17.3. The topological polar surface area (TPSA) is 49.6 Å². The maximum Gasteiger partial charge on any atom is 0.276 e. The van der Waals surface area contributed by atoms with Crippen LogP contribution in [0.1, 0.15) is 16.2 Å². The minimum Gasteiger partial charge on any atom is -0.318 e. The van der Waals surface area contributed by atoms with Crippen molar-refractivity contribution in [1.29, 1.82) is 0 Å². The Labute approximate surface area is 137 Å². The highest BCUT2D eigenvalue weighted by Crippen LogP contribution is 2.19. The molecule has 1 amide bonds. The van der Waals surface area contributed by atoms with E-state index in [2.05, 4.69) is 10.3 Å². The number of rotatable bonds is 4. The molecule has 0 unspecified atom stereocenters. The van der Waals surface area contributed by atoms with Crippen LogP contribution < -0.4 is 5.32 Å². The molecule has 7 heteroatoms. The minimum atomic E-state index is -0.706. The number of anilines is 1. The summed E-state index contributed by atoms with van der Waals surface area (Å²) < 4.78 is 28.8. The summed E-state index contributed by atoms with van der Waals surface area (Å²) in [7, 11) is 3.74. The molecule has 2 aromatic heterocycles. The molecule has 0 saturated heterocycles. The first-order valence-electron chi connectivity index (χ1n) is 7.33. The first-order valence-corrected chi connectivity index (χ1v) is 7.33. The largest absolute Gasteiger partial charge is 0.318 e. The molecule has 2 heterocycles. The molecule has 124 valence electrons. The van der Waals surface area contributed by atoms with Gasteiger partial charge in [-0.05, 0) is 38.4 Å². The van der Waals surface area contributed by atoms with E-state index in [1.807, 2.05) is 31.1 Å². The molecule has 24 heavy (non-hydrogen) atoms. The van der Waals surface area contributed by atoms with E-state index in [9.17, 15) is 13.6 Å². The number of amides is 1. The van der Waals surface area contributed by atoms with Crippen molar-refractivity contribution in [2.45, 2.75) is 6.54 Å². The van der Waals surface area contributed by atoms with Crippen LogP contribution in [0.2, 0.25) is 0 Å². The third kappa shape index (κ3) is 3.11. The molecule has 0 bridgehead atoms. The smallest absolute Gasteiger partial charge is 0.276 e. The van der Waals surface area contributed by atoms with Crippen LogP contribution in [0.5, 0.6) is 0 Å². The van der Waals surface area contributed by atoms with Crippen LogP contribution in [0.3, 0.4) is 0 Å². The number of hydrogen-bond donors (Lipinski definition) is 1. The van der Waals surface area contributed by atoms with Gasteiger partial charge in [0.1, 0.15) is 17.3 Å². The Hall–Kier alpha value is -2.80. The molecule has 0 atom stereocenters. The van der Waals surface area contributed by atoms with Gasteiger partial charge in [0.25, 0.3) is 5.91 Å². The van der Waals surface area contributed by atoms with Gasteiger partial charge in [0.15, 0.2) is 5.69 Å². The van der Waals surface area contributed by atoms with E-state index in [4.69, 9.17) is 0 Å². The number of fused-ring (bicyclic) bond motifs is 1. The Morgan fingerprint density at radius 2 is 2.04 bits per heavy atom. The van der Waals surface area contributed by atoms with Crippen molar-refractivity contribution in [3.8, 4) is 0 Å². The summed E-state index contributed by atoms with van der Waals surface area (Å²) in [5, 5.41) is 2.39. The number of nitrogens with one attached hydrogen (secondary N) is 1. The van der Waals surface area contributed by atoms with Gasteiger partial charge >= 0.3 is 0 Å². The molecular weight excluding hydrogens is 314 g/mol. The summed E-state index contributed by atoms with van der Waals surface area (Å²) in [6.45, 7) is 0.472. The lowest BCUT2D eigenvalue weighted by Gasteiger charge is -2.11. The molecule has 3 aromatic rings. The van der Waals surface area contributed by atoms with E-state index in [0.717, 1.165) is 18.2 Å². The normalized spacial score (nSPS) is 11.2. The van der Waals surface area contributed by atoms with E-state index in [-0.39, 0.29) is 11.4 Å². The number of carbonyl (C=O) groups is 1. The second kappa shape index (κ2) is 6.37. The molecule has 5 nitrogen and oxygen atoms in total. The maximum atomic E-state index is 13.7. The van der Waals surface area contributed by atoms with Crippen LogP contribution in [-0.4, -0.2) is 34.3 Å². The van der Waals surface area contributed by atoms with Gasteiger partial charge in [0.05, 0.1) is 11.4 Å². The molecule has 1 N–H and O–H groups in total. The first kappa shape index (κ1) is 16.1. The Balaban J connectivity index is 2.01. The predicted molar refractivity (Wildman–Crippen MR) is 86.9 cm³/mol. The van der Waals surface area contributed by atoms with Crippen LogP contribution in [-0.2, 0) is 6.54 Å². The van der Waals surface area contributed by atoms with Crippen molar-refractivity contribution in [2.75, 3.05) is 19.4 Å². The third-order valence-corrected chi connectivity index (χ3v) is 3.49. The summed E-state index contributed by atoms with van der Waals surface area (Å²) in [6.07, 6.45) is 1.81. The summed E-state index contributed by atoms with van der Waals surface area (Å²) in [4.78, 5) is 18.8. The summed E-state index contributed by atoms with van der Waals surface area (Å²) in [5.41, 5.74) is 1.25. The molecule has 0 aliphatic heterocycles. The van der Waals surface area contributed by atoms with E-state index in [0.29, 0.717) is 17.9 Å². The zero-order valence-corrected chi connectivity index (χ0v) is 13.3. The maximum absolute atomic E-state index is 13.7. The van der Waals surface area contributed by atoms with Crippen molar-refractivity contribution in [3.05, 3.63) is 65.6 Å². The summed E-state index contributed by atoms with van der Waals surface area (Å²) in [5.74, 6) is -1.92. The number of aromatic nitrogens is 2. The number of imidazole rings is 1. The molecule has 0 radical (unpaired) electrons. The van der Waals surface area contributed by atoms with Crippen LogP contribution in [0, 0.1) is 11.6 Å². The second-order valence-electron chi connectivity index (χ2n) is 5.65. The van der Waals surface area contributed by atoms with Crippen LogP contribution in [0.4, 0.5) is 14.5 Å². The molecular formula is C17H16F2N4O. The van der Waals surface area contributed by atoms with Crippen molar-refractivity contribution < 1.29 is 13.6 Å². The summed E-state index contributed by atoms with van der Waals surface area (Å²) >= 11 is 0. The monoisotopic (exact) mass is 330 g/mol. The van der Waals surface area contributed by atoms with Crippen LogP contribution in [0.15, 0.2) is 42.6 Å². The lowest BCUT2D eigenvalue weighted by molar-refractivity contribution is 0.102. The molecule has 1 aromatic carbocycles. The lowest BCUT2D eigenvalue weighted by Crippen LogP contribution is -2.19. The standard InChI is InChI=1S/C17H16F2N4O/c1-22(2)10-14-16(21-15-5-3-4-8-23(14)15)17(24)20-13-9-11(18)6-7-12(13)19/h3-9H,10H2,1-2H3,(H,20,24). The van der Waals surface area contributed by atoms with Crippen LogP contribution in [0.25, 0.3) is 5.65 Å². The molecule has 0 saturated carbocycles. The number of carbonyl (C=O) groups excluding carboxylic acids is 1. The van der Waals surface area contributed by atoms with E-state index in [1.165, 1.54) is 0 Å². The molecule has 0 aliphatic carbocycles. The van der Waals surface area contributed by atoms with Gasteiger partial charge in [0.2, 0.25) is 0 Å². The van der Waals surface area contributed by atoms with E-state index >= 15 is 0 Å². The van der Waals surface area contributed by atoms with Gasteiger partial charge in [-0.1, -0.05) is 6.07 Å². The van der Waals surface area contributed by atoms with Gasteiger partial charge in [-0.15, -0.1) is 0 Å². The zero-order valence-electron chi connectivity index (χ0n) is 13.3. The highest BCUT2D eigenvalue weighted by Gasteiger charge is 2.20. The van der Waals surface area contributed by atoms with Crippen molar-refractivity contribution in [1.82, 2.24) is 14.3 Å². The Morgan fingerprint density at radius 1 is 1.25 bits per heavy atom. The number of halogens is 2. The van der Waals surface area contributed by atoms with Gasteiger partial charge < -0.3 is 14.6 Å². The highest BCUT2D eigenvalue weighted by atomic mass is 19.1. The average Bonchev–Trinajstić information content (AvgIpc) is 2.89. The predicted octanol–water partition coefficient (Wildman–Crippen LogP) is 2.93. The number of pyridine rings is 1. The number of nitrogens with zero attached hydrogens (tertiary/aromatic N) is 3. The van der Waals surface area contributed by atoms with Crippen molar-refractivity contribution in [3.63, 3.8) is 0 Å².